The lowest BCUT2D eigenvalue weighted by molar-refractivity contribution is -0.135. The van der Waals surface area contributed by atoms with Gasteiger partial charge in [0.25, 0.3) is 0 Å². The second-order valence-electron chi connectivity index (χ2n) is 2.12. The fraction of sp³-hybridized carbons (Fsp3) is 0.667. The number of carboxylic acids is 1. The van der Waals surface area contributed by atoms with Crippen LogP contribution in [0.5, 0.6) is 0 Å². The largest absolute Gasteiger partial charge is 0.481 e. The first kappa shape index (κ1) is 5.60. The highest BCUT2D eigenvalue weighted by Crippen LogP contribution is 2.26. The van der Waals surface area contributed by atoms with Gasteiger partial charge < -0.3 is 5.11 Å². The van der Waals surface area contributed by atoms with Gasteiger partial charge in [-0.25, -0.2) is 0 Å². The van der Waals surface area contributed by atoms with Crippen LogP contribution in [0.4, 0.5) is 0 Å². The molecule has 1 fully saturated rings. The van der Waals surface area contributed by atoms with E-state index < -0.39 is 5.97 Å². The van der Waals surface area contributed by atoms with E-state index in [-0.39, 0.29) is 0 Å². The normalized spacial score (nSPS) is 21.5. The van der Waals surface area contributed by atoms with Crippen LogP contribution in [0.2, 0.25) is 0 Å². The predicted octanol–water partition coefficient (Wildman–Crippen LogP) is 1.22. The molecule has 1 aliphatic carbocycles. The van der Waals surface area contributed by atoms with Gasteiger partial charge in [0.05, 0.1) is 5.92 Å². The SMILES string of the molecule is O=C(O)[C]1CCCC1. The molecule has 1 radical (unpaired) electrons. The molecule has 2 nitrogen and oxygen atoms in total. The summed E-state index contributed by atoms with van der Waals surface area (Å²) in [7, 11) is 0. The topological polar surface area (TPSA) is 37.3 Å². The minimum Gasteiger partial charge on any atom is -0.481 e. The Balaban J connectivity index is 2.35. The lowest BCUT2D eigenvalue weighted by Gasteiger charge is -1.96. The van der Waals surface area contributed by atoms with Crippen molar-refractivity contribution in [2.75, 3.05) is 0 Å². The summed E-state index contributed by atoms with van der Waals surface area (Å²) in [4.78, 5) is 10.2. The Hall–Kier alpha value is -0.530. The average molecular weight is 113 g/mol. The van der Waals surface area contributed by atoms with Crippen molar-refractivity contribution in [1.29, 1.82) is 0 Å². The van der Waals surface area contributed by atoms with Gasteiger partial charge in [0.1, 0.15) is 0 Å². The molecule has 1 rings (SSSR count). The summed E-state index contributed by atoms with van der Waals surface area (Å²) < 4.78 is 0. The van der Waals surface area contributed by atoms with Gasteiger partial charge >= 0.3 is 5.97 Å². The molecule has 0 atom stereocenters. The van der Waals surface area contributed by atoms with Crippen molar-refractivity contribution in [3.8, 4) is 0 Å². The number of carbonyl (C=O) groups is 1. The van der Waals surface area contributed by atoms with Gasteiger partial charge in [-0.15, -0.1) is 0 Å². The zero-order valence-electron chi connectivity index (χ0n) is 4.68. The van der Waals surface area contributed by atoms with E-state index in [1.807, 2.05) is 0 Å². The minimum atomic E-state index is -0.692. The van der Waals surface area contributed by atoms with E-state index in [4.69, 9.17) is 5.11 Å². The fourth-order valence-electron chi connectivity index (χ4n) is 1.02. The molecule has 0 aromatic carbocycles. The maximum Gasteiger partial charge on any atom is 0.310 e. The minimum absolute atomic E-state index is 0.692. The van der Waals surface area contributed by atoms with Crippen LogP contribution in [0.25, 0.3) is 0 Å². The molecule has 0 aromatic heterocycles. The smallest absolute Gasteiger partial charge is 0.310 e. The van der Waals surface area contributed by atoms with Crippen LogP contribution in [0.1, 0.15) is 25.7 Å². The lowest BCUT2D eigenvalue weighted by atomic mass is 10.1. The van der Waals surface area contributed by atoms with E-state index in [9.17, 15) is 4.79 Å². The van der Waals surface area contributed by atoms with E-state index in [1.54, 1.807) is 0 Å². The van der Waals surface area contributed by atoms with Crippen LogP contribution in [-0.4, -0.2) is 11.1 Å². The maximum absolute atomic E-state index is 10.2. The Labute approximate surface area is 48.5 Å². The number of aliphatic carboxylic acids is 1. The highest BCUT2D eigenvalue weighted by molar-refractivity contribution is 5.82. The summed E-state index contributed by atoms with van der Waals surface area (Å²) in [6.07, 6.45) is 3.77. The number of rotatable bonds is 1. The molecule has 0 heterocycles. The lowest BCUT2D eigenvalue weighted by Crippen LogP contribution is -2.05. The second kappa shape index (κ2) is 2.16. The van der Waals surface area contributed by atoms with Crippen molar-refractivity contribution < 1.29 is 9.90 Å². The summed E-state index contributed by atoms with van der Waals surface area (Å²) in [5.41, 5.74) is 0. The van der Waals surface area contributed by atoms with Crippen molar-refractivity contribution in [3.63, 3.8) is 0 Å². The van der Waals surface area contributed by atoms with E-state index in [1.165, 1.54) is 0 Å². The van der Waals surface area contributed by atoms with Gasteiger partial charge in [-0.3, -0.25) is 4.79 Å². The molecular weight excluding hydrogens is 104 g/mol. The Bertz CT molecular complexity index is 92.7. The van der Waals surface area contributed by atoms with Crippen molar-refractivity contribution in [3.05, 3.63) is 5.92 Å². The number of hydrogen-bond acceptors (Lipinski definition) is 1. The molecule has 0 amide bonds. The van der Waals surface area contributed by atoms with E-state index in [2.05, 4.69) is 0 Å². The monoisotopic (exact) mass is 113 g/mol. The Kier molecular flexibility index (Phi) is 1.51. The molecular formula is C6H9O2. The van der Waals surface area contributed by atoms with Gasteiger partial charge in [0.15, 0.2) is 0 Å². The standard InChI is InChI=1S/C6H9O2/c7-6(8)5-3-1-2-4-5/h1-4H2,(H,7,8). The summed E-state index contributed by atoms with van der Waals surface area (Å²) >= 11 is 0. The van der Waals surface area contributed by atoms with Crippen LogP contribution in [0, 0.1) is 5.92 Å². The Morgan fingerprint density at radius 2 is 1.88 bits per heavy atom. The van der Waals surface area contributed by atoms with Crippen molar-refractivity contribution in [1.82, 2.24) is 0 Å². The molecule has 0 aliphatic heterocycles. The van der Waals surface area contributed by atoms with Crippen LogP contribution in [0.15, 0.2) is 0 Å². The first-order valence-electron chi connectivity index (χ1n) is 2.88. The first-order chi connectivity index (χ1) is 3.80. The van der Waals surface area contributed by atoms with Gasteiger partial charge in [-0.1, -0.05) is 12.8 Å². The van der Waals surface area contributed by atoms with Gasteiger partial charge in [0.2, 0.25) is 0 Å². The van der Waals surface area contributed by atoms with Crippen molar-refractivity contribution >= 4 is 5.97 Å². The fourth-order valence-corrected chi connectivity index (χ4v) is 1.02. The summed E-state index contributed by atoms with van der Waals surface area (Å²) in [6, 6.07) is 0. The third-order valence-corrected chi connectivity index (χ3v) is 1.51. The van der Waals surface area contributed by atoms with Gasteiger partial charge in [0, 0.05) is 0 Å². The zero-order chi connectivity index (χ0) is 5.98. The maximum atomic E-state index is 10.2. The van der Waals surface area contributed by atoms with E-state index in [0.29, 0.717) is 5.92 Å². The molecule has 0 unspecified atom stereocenters. The molecule has 2 heteroatoms. The molecule has 8 heavy (non-hydrogen) atoms. The molecule has 45 valence electrons. The summed E-state index contributed by atoms with van der Waals surface area (Å²) in [5.74, 6) is 0.0208. The molecule has 0 aromatic rings. The number of hydrogen-bond donors (Lipinski definition) is 1. The average Bonchev–Trinajstić information content (AvgIpc) is 2.12. The third kappa shape index (κ3) is 0.997. The van der Waals surface area contributed by atoms with Crippen molar-refractivity contribution in [2.24, 2.45) is 0 Å². The van der Waals surface area contributed by atoms with E-state index in [0.717, 1.165) is 25.7 Å². The van der Waals surface area contributed by atoms with Gasteiger partial charge in [-0.2, -0.15) is 0 Å². The predicted molar refractivity (Wildman–Crippen MR) is 29.3 cm³/mol. The number of carboxylic acid groups (broad SMARTS) is 1. The molecule has 0 spiro atoms. The molecule has 1 aliphatic rings. The molecule has 0 saturated heterocycles. The molecule has 1 saturated carbocycles. The summed E-state index contributed by atoms with van der Waals surface area (Å²) in [6.45, 7) is 0. The quantitative estimate of drug-likeness (QED) is 0.555. The van der Waals surface area contributed by atoms with Crippen molar-refractivity contribution in [2.45, 2.75) is 25.7 Å². The van der Waals surface area contributed by atoms with E-state index >= 15 is 0 Å². The Morgan fingerprint density at radius 3 is 2.12 bits per heavy atom. The molecule has 0 bridgehead atoms. The first-order valence-corrected chi connectivity index (χ1v) is 2.88. The van der Waals surface area contributed by atoms with Crippen LogP contribution in [0.3, 0.4) is 0 Å². The zero-order valence-corrected chi connectivity index (χ0v) is 4.68. The summed E-state index contributed by atoms with van der Waals surface area (Å²) in [5, 5.41) is 8.38. The van der Waals surface area contributed by atoms with Crippen LogP contribution in [-0.2, 0) is 4.79 Å². The highest BCUT2D eigenvalue weighted by Gasteiger charge is 2.22. The second-order valence-corrected chi connectivity index (χ2v) is 2.12. The third-order valence-electron chi connectivity index (χ3n) is 1.51. The Morgan fingerprint density at radius 1 is 1.38 bits per heavy atom. The van der Waals surface area contributed by atoms with Crippen LogP contribution < -0.4 is 0 Å². The highest BCUT2D eigenvalue weighted by atomic mass is 16.4. The molecule has 1 N–H and O–H groups in total. The van der Waals surface area contributed by atoms with Gasteiger partial charge in [-0.05, 0) is 12.8 Å². The van der Waals surface area contributed by atoms with Crippen LogP contribution >= 0.6 is 0 Å².